The lowest BCUT2D eigenvalue weighted by Gasteiger charge is -2.58. The van der Waals surface area contributed by atoms with Gasteiger partial charge in [0.05, 0.1) is 17.8 Å². The molecular weight excluding hydrogens is 614 g/mol. The Morgan fingerprint density at radius 1 is 1.04 bits per heavy atom. The summed E-state index contributed by atoms with van der Waals surface area (Å²) < 4.78 is 19.8. The second-order valence-electron chi connectivity index (χ2n) is 12.6. The van der Waals surface area contributed by atoms with Gasteiger partial charge < -0.3 is 29.7 Å². The second-order valence-corrected chi connectivity index (χ2v) is 13.8. The average Bonchev–Trinajstić information content (AvgIpc) is 3.06. The number of aliphatic hydroxyl groups is 2. The van der Waals surface area contributed by atoms with Crippen molar-refractivity contribution in [2.75, 3.05) is 31.7 Å². The molecule has 0 aromatic heterocycles. The van der Waals surface area contributed by atoms with Gasteiger partial charge in [-0.2, -0.15) is 0 Å². The van der Waals surface area contributed by atoms with Gasteiger partial charge in [0.25, 0.3) is 0 Å². The van der Waals surface area contributed by atoms with Crippen LogP contribution in [0, 0.1) is 17.8 Å². The molecule has 0 radical (unpaired) electrons. The number of ketones is 1. The molecule has 6 unspecified atom stereocenters. The highest BCUT2D eigenvalue weighted by atomic mass is 32.2. The molecule has 47 heavy (non-hydrogen) atoms. The number of benzene rings is 2. The van der Waals surface area contributed by atoms with Crippen molar-refractivity contribution < 1.29 is 34.0 Å². The number of anilines is 1. The quantitative estimate of drug-likeness (QED) is 0.125. The lowest BCUT2D eigenvalue weighted by molar-refractivity contribution is -0.227. The number of rotatable bonds is 17. The number of carbonyl (C=O) groups is 2. The molecule has 2 aliphatic carbocycles. The minimum absolute atomic E-state index is 0.0947. The van der Waals surface area contributed by atoms with Crippen molar-refractivity contribution in [3.8, 4) is 11.5 Å². The SMILES string of the molecule is C=CCOc1ccc2c(c1)C1C(CCCCO)C(CCCCO)C=C3C(=O)CC(Sc4ccc(NC(C)=O)cc4)C(OCC=C)(O2)C31. The third-order valence-corrected chi connectivity index (χ3v) is 10.7. The molecule has 0 spiro atoms. The van der Waals surface area contributed by atoms with Crippen molar-refractivity contribution >= 4 is 29.1 Å². The van der Waals surface area contributed by atoms with Crippen LogP contribution in [-0.2, 0) is 14.3 Å². The fourth-order valence-corrected chi connectivity index (χ4v) is 8.83. The van der Waals surface area contributed by atoms with Crippen molar-refractivity contribution in [1.29, 1.82) is 0 Å². The van der Waals surface area contributed by atoms with Crippen LogP contribution in [0.2, 0.25) is 0 Å². The zero-order valence-electron chi connectivity index (χ0n) is 27.2. The molecule has 5 rings (SSSR count). The van der Waals surface area contributed by atoms with Crippen molar-refractivity contribution in [3.05, 3.63) is 85.0 Å². The van der Waals surface area contributed by atoms with E-state index in [1.54, 1.807) is 23.9 Å². The lowest BCUT2D eigenvalue weighted by atomic mass is 9.56. The Balaban J connectivity index is 1.65. The van der Waals surface area contributed by atoms with Gasteiger partial charge in [-0.3, -0.25) is 9.59 Å². The Bertz CT molecular complexity index is 1460. The summed E-state index contributed by atoms with van der Waals surface area (Å²) >= 11 is 1.56. The standard InChI is InChI=1S/C38H47NO7S/c1-4-20-44-28-14-17-34-32(23-28)36-30(11-7-9-19-41)26(10-6-8-18-40)22-31-33(43)24-35(38(46-34,37(31)36)45-21-5-2)47-29-15-12-27(13-16-29)39-25(3)42/h4-5,12-17,22-23,26,30,35-37,40-41H,1-2,6-11,18-21,24H2,3H3,(H,39,42). The first-order chi connectivity index (χ1) is 22.8. The van der Waals surface area contributed by atoms with Crippen molar-refractivity contribution in [3.63, 3.8) is 0 Å². The molecule has 0 saturated heterocycles. The molecule has 6 atom stereocenters. The first kappa shape index (κ1) is 35.0. The third-order valence-electron chi connectivity index (χ3n) is 9.42. The van der Waals surface area contributed by atoms with E-state index >= 15 is 0 Å². The Kier molecular flexibility index (Phi) is 12.0. The highest BCUT2D eigenvalue weighted by Gasteiger charge is 2.64. The Morgan fingerprint density at radius 2 is 1.77 bits per heavy atom. The predicted molar refractivity (Wildman–Crippen MR) is 185 cm³/mol. The summed E-state index contributed by atoms with van der Waals surface area (Å²) in [4.78, 5) is 26.8. The van der Waals surface area contributed by atoms with E-state index in [1.165, 1.54) is 6.92 Å². The highest BCUT2D eigenvalue weighted by Crippen LogP contribution is 2.62. The van der Waals surface area contributed by atoms with E-state index in [9.17, 15) is 19.8 Å². The molecule has 2 aromatic carbocycles. The topological polar surface area (TPSA) is 114 Å². The zero-order valence-corrected chi connectivity index (χ0v) is 28.0. The van der Waals surface area contributed by atoms with E-state index in [4.69, 9.17) is 14.2 Å². The molecule has 252 valence electrons. The first-order valence-electron chi connectivity index (χ1n) is 16.7. The molecule has 1 heterocycles. The Labute approximate surface area is 282 Å². The third kappa shape index (κ3) is 7.70. The molecule has 8 nitrogen and oxygen atoms in total. The minimum atomic E-state index is -1.17. The van der Waals surface area contributed by atoms with Crippen LogP contribution in [0.3, 0.4) is 0 Å². The highest BCUT2D eigenvalue weighted by molar-refractivity contribution is 8.00. The predicted octanol–water partition coefficient (Wildman–Crippen LogP) is 6.83. The van der Waals surface area contributed by atoms with Crippen LogP contribution in [0.25, 0.3) is 0 Å². The van der Waals surface area contributed by atoms with Crippen LogP contribution in [0.5, 0.6) is 11.5 Å². The number of aliphatic hydroxyl groups excluding tert-OH is 2. The van der Waals surface area contributed by atoms with Gasteiger partial charge in [0, 0.05) is 54.2 Å². The maximum atomic E-state index is 14.2. The molecule has 0 bridgehead atoms. The van der Waals surface area contributed by atoms with E-state index in [-0.39, 0.29) is 66.9 Å². The molecule has 3 aliphatic rings. The summed E-state index contributed by atoms with van der Waals surface area (Å²) in [6, 6.07) is 13.5. The number of fused-ring (bicyclic) bond motifs is 2. The van der Waals surface area contributed by atoms with Crippen LogP contribution in [-0.4, -0.2) is 59.4 Å². The summed E-state index contributed by atoms with van der Waals surface area (Å²) in [5.74, 6) is -0.0144. The second kappa shape index (κ2) is 16.2. The maximum Gasteiger partial charge on any atom is 0.231 e. The summed E-state index contributed by atoms with van der Waals surface area (Å²) in [7, 11) is 0. The maximum absolute atomic E-state index is 14.2. The van der Waals surface area contributed by atoms with Crippen LogP contribution in [0.15, 0.2) is 84.3 Å². The van der Waals surface area contributed by atoms with Gasteiger partial charge in [-0.1, -0.05) is 37.6 Å². The molecular formula is C38H47NO7S. The van der Waals surface area contributed by atoms with Gasteiger partial charge in [-0.05, 0) is 80.0 Å². The lowest BCUT2D eigenvalue weighted by Crippen LogP contribution is -2.64. The fraction of sp³-hybridized carbons (Fsp3) is 0.474. The Morgan fingerprint density at radius 3 is 2.45 bits per heavy atom. The van der Waals surface area contributed by atoms with Gasteiger partial charge in [-0.15, -0.1) is 18.3 Å². The largest absolute Gasteiger partial charge is 0.490 e. The van der Waals surface area contributed by atoms with Crippen molar-refractivity contribution in [2.45, 2.75) is 73.7 Å². The number of Topliss-reactive ketones (excluding diaryl/α,β-unsaturated/α-hetero) is 1. The van der Waals surface area contributed by atoms with Crippen LogP contribution in [0.1, 0.15) is 63.4 Å². The number of amides is 1. The van der Waals surface area contributed by atoms with Crippen molar-refractivity contribution in [2.24, 2.45) is 17.8 Å². The van der Waals surface area contributed by atoms with Gasteiger partial charge in [0.1, 0.15) is 18.1 Å². The molecule has 1 aliphatic heterocycles. The monoisotopic (exact) mass is 661 g/mol. The Hall–Kier alpha value is -3.37. The number of nitrogens with one attached hydrogen (secondary N) is 1. The number of unbranched alkanes of at least 4 members (excludes halogenated alkanes) is 2. The number of thioether (sulfide) groups is 1. The summed E-state index contributed by atoms with van der Waals surface area (Å²) in [5, 5.41) is 21.7. The summed E-state index contributed by atoms with van der Waals surface area (Å²) in [6.07, 6.45) is 10.7. The van der Waals surface area contributed by atoms with Gasteiger partial charge in [0.15, 0.2) is 5.78 Å². The minimum Gasteiger partial charge on any atom is -0.490 e. The molecule has 1 fully saturated rings. The van der Waals surface area contributed by atoms with E-state index in [1.807, 2.05) is 36.4 Å². The average molecular weight is 662 g/mol. The van der Waals surface area contributed by atoms with Gasteiger partial charge in [0.2, 0.25) is 11.7 Å². The normalized spacial score (nSPS) is 25.9. The van der Waals surface area contributed by atoms with Crippen molar-refractivity contribution in [1.82, 2.24) is 0 Å². The first-order valence-corrected chi connectivity index (χ1v) is 17.6. The zero-order chi connectivity index (χ0) is 33.4. The van der Waals surface area contributed by atoms with Crippen LogP contribution >= 0.6 is 11.8 Å². The molecule has 1 saturated carbocycles. The molecule has 1 amide bonds. The summed E-state index contributed by atoms with van der Waals surface area (Å²) in [6.45, 7) is 10.1. The fourth-order valence-electron chi connectivity index (χ4n) is 7.55. The van der Waals surface area contributed by atoms with Crippen LogP contribution < -0.4 is 14.8 Å². The summed E-state index contributed by atoms with van der Waals surface area (Å²) in [5.41, 5.74) is 2.46. The molecule has 9 heteroatoms. The molecule has 2 aromatic rings. The smallest absolute Gasteiger partial charge is 0.231 e. The number of hydrogen-bond acceptors (Lipinski definition) is 8. The van der Waals surface area contributed by atoms with E-state index in [0.29, 0.717) is 36.6 Å². The van der Waals surface area contributed by atoms with Crippen LogP contribution in [0.4, 0.5) is 5.69 Å². The van der Waals surface area contributed by atoms with E-state index in [2.05, 4.69) is 30.6 Å². The number of ether oxygens (including phenoxy) is 3. The molecule has 3 N–H and O–H groups in total. The van der Waals surface area contributed by atoms with Gasteiger partial charge in [-0.25, -0.2) is 0 Å². The number of hydrogen-bond donors (Lipinski definition) is 3. The van der Waals surface area contributed by atoms with E-state index < -0.39 is 5.79 Å². The number of carbonyl (C=O) groups excluding carboxylic acids is 2. The van der Waals surface area contributed by atoms with E-state index in [0.717, 1.165) is 41.7 Å². The number of allylic oxidation sites excluding steroid dienone is 1. The van der Waals surface area contributed by atoms with Gasteiger partial charge >= 0.3 is 0 Å².